The number of aromatic nitrogens is 5. The molecule has 3 rings (SSSR count). The van der Waals surface area contributed by atoms with E-state index in [0.29, 0.717) is 0 Å². The Balaban J connectivity index is 1.83. The SMILES string of the molecule is COCCCc1nnc2n1CCNC2c1cnn(C)c1. The van der Waals surface area contributed by atoms with Gasteiger partial charge in [-0.3, -0.25) is 4.68 Å². The summed E-state index contributed by atoms with van der Waals surface area (Å²) in [6.07, 6.45) is 5.78. The van der Waals surface area contributed by atoms with Crippen molar-refractivity contribution in [1.82, 2.24) is 29.9 Å². The fourth-order valence-electron chi connectivity index (χ4n) is 2.63. The summed E-state index contributed by atoms with van der Waals surface area (Å²) in [5.41, 5.74) is 1.13. The van der Waals surface area contributed by atoms with Crippen LogP contribution in [-0.2, 0) is 24.8 Å². The average Bonchev–Trinajstić information content (AvgIpc) is 3.06. The fourth-order valence-corrected chi connectivity index (χ4v) is 2.63. The Hall–Kier alpha value is -1.73. The molecule has 1 atom stereocenters. The van der Waals surface area contributed by atoms with E-state index >= 15 is 0 Å². The summed E-state index contributed by atoms with van der Waals surface area (Å²) >= 11 is 0. The molecular formula is C13H20N6O. The summed E-state index contributed by atoms with van der Waals surface area (Å²) in [5.74, 6) is 2.03. The van der Waals surface area contributed by atoms with Crippen LogP contribution in [0.1, 0.15) is 29.7 Å². The van der Waals surface area contributed by atoms with Crippen molar-refractivity contribution in [3.05, 3.63) is 29.6 Å². The minimum Gasteiger partial charge on any atom is -0.385 e. The van der Waals surface area contributed by atoms with E-state index in [2.05, 4.69) is 25.2 Å². The van der Waals surface area contributed by atoms with E-state index in [1.54, 1.807) is 7.11 Å². The van der Waals surface area contributed by atoms with Crippen molar-refractivity contribution in [2.75, 3.05) is 20.3 Å². The molecule has 0 amide bonds. The highest BCUT2D eigenvalue weighted by Gasteiger charge is 2.26. The van der Waals surface area contributed by atoms with Crippen LogP contribution >= 0.6 is 0 Å². The van der Waals surface area contributed by atoms with Gasteiger partial charge in [-0.05, 0) is 6.42 Å². The molecule has 0 saturated carbocycles. The third-order valence-corrected chi connectivity index (χ3v) is 3.61. The van der Waals surface area contributed by atoms with E-state index in [9.17, 15) is 0 Å². The molecule has 0 aromatic carbocycles. The van der Waals surface area contributed by atoms with E-state index < -0.39 is 0 Å². The molecule has 7 nitrogen and oxygen atoms in total. The van der Waals surface area contributed by atoms with Crippen LogP contribution in [0.5, 0.6) is 0 Å². The molecule has 0 aliphatic carbocycles. The van der Waals surface area contributed by atoms with Gasteiger partial charge >= 0.3 is 0 Å². The molecular weight excluding hydrogens is 256 g/mol. The lowest BCUT2D eigenvalue weighted by Gasteiger charge is -2.24. The first-order valence-corrected chi connectivity index (χ1v) is 6.92. The molecule has 0 bridgehead atoms. The number of rotatable bonds is 5. The largest absolute Gasteiger partial charge is 0.385 e. The van der Waals surface area contributed by atoms with Crippen molar-refractivity contribution >= 4 is 0 Å². The van der Waals surface area contributed by atoms with Crippen molar-refractivity contribution in [2.24, 2.45) is 7.05 Å². The molecule has 1 aliphatic heterocycles. The maximum atomic E-state index is 5.10. The number of ether oxygens (including phenoxy) is 1. The minimum atomic E-state index is 0.0844. The first kappa shape index (κ1) is 13.3. The number of nitrogens with zero attached hydrogens (tertiary/aromatic N) is 5. The second-order valence-electron chi connectivity index (χ2n) is 5.06. The summed E-state index contributed by atoms with van der Waals surface area (Å²) in [4.78, 5) is 0. The lowest BCUT2D eigenvalue weighted by molar-refractivity contribution is 0.194. The van der Waals surface area contributed by atoms with Gasteiger partial charge in [0.05, 0.1) is 12.2 Å². The molecule has 108 valence electrons. The zero-order valence-corrected chi connectivity index (χ0v) is 11.9. The summed E-state index contributed by atoms with van der Waals surface area (Å²) in [6, 6.07) is 0.0844. The standard InChI is InChI=1S/C13H20N6O/c1-18-9-10(8-15-18)12-13-17-16-11(4-3-7-20-2)19(13)6-5-14-12/h8-9,12,14H,3-7H2,1-2H3. The van der Waals surface area contributed by atoms with Crippen LogP contribution < -0.4 is 5.32 Å². The van der Waals surface area contributed by atoms with Crippen LogP contribution in [0.3, 0.4) is 0 Å². The number of fused-ring (bicyclic) bond motifs is 1. The Bertz CT molecular complexity index is 575. The number of methoxy groups -OCH3 is 1. The Morgan fingerprint density at radius 2 is 2.35 bits per heavy atom. The molecule has 0 fully saturated rings. The highest BCUT2D eigenvalue weighted by atomic mass is 16.5. The van der Waals surface area contributed by atoms with Gasteiger partial charge in [0.15, 0.2) is 5.82 Å². The lowest BCUT2D eigenvalue weighted by atomic mass is 10.1. The molecule has 1 aliphatic rings. The maximum Gasteiger partial charge on any atom is 0.154 e. The van der Waals surface area contributed by atoms with Crippen LogP contribution in [0, 0.1) is 0 Å². The van der Waals surface area contributed by atoms with Crippen LogP contribution in [0.25, 0.3) is 0 Å². The number of hydrogen-bond acceptors (Lipinski definition) is 5. The van der Waals surface area contributed by atoms with Crippen LogP contribution in [-0.4, -0.2) is 44.8 Å². The lowest BCUT2D eigenvalue weighted by Crippen LogP contribution is -2.34. The van der Waals surface area contributed by atoms with Gasteiger partial charge in [0.25, 0.3) is 0 Å². The van der Waals surface area contributed by atoms with Gasteiger partial charge in [-0.25, -0.2) is 0 Å². The highest BCUT2D eigenvalue weighted by Crippen LogP contribution is 2.23. The zero-order valence-electron chi connectivity index (χ0n) is 11.9. The van der Waals surface area contributed by atoms with E-state index in [4.69, 9.17) is 4.74 Å². The van der Waals surface area contributed by atoms with Crippen molar-refractivity contribution in [1.29, 1.82) is 0 Å². The van der Waals surface area contributed by atoms with Crippen molar-refractivity contribution in [3.63, 3.8) is 0 Å². The molecule has 1 unspecified atom stereocenters. The van der Waals surface area contributed by atoms with Crippen LogP contribution in [0.15, 0.2) is 12.4 Å². The molecule has 7 heteroatoms. The van der Waals surface area contributed by atoms with Gasteiger partial charge in [0.2, 0.25) is 0 Å². The summed E-state index contributed by atoms with van der Waals surface area (Å²) in [6.45, 7) is 2.59. The monoisotopic (exact) mass is 276 g/mol. The Kier molecular flexibility index (Phi) is 3.79. The van der Waals surface area contributed by atoms with Crippen molar-refractivity contribution in [3.8, 4) is 0 Å². The predicted molar refractivity (Wildman–Crippen MR) is 73.3 cm³/mol. The van der Waals surface area contributed by atoms with Crippen LogP contribution in [0.4, 0.5) is 0 Å². The minimum absolute atomic E-state index is 0.0844. The smallest absolute Gasteiger partial charge is 0.154 e. The third-order valence-electron chi connectivity index (χ3n) is 3.61. The molecule has 2 aromatic rings. The number of hydrogen-bond donors (Lipinski definition) is 1. The van der Waals surface area contributed by atoms with Crippen molar-refractivity contribution in [2.45, 2.75) is 25.4 Å². The second kappa shape index (κ2) is 5.72. The Morgan fingerprint density at radius 3 is 3.10 bits per heavy atom. The van der Waals surface area contributed by atoms with Gasteiger partial charge < -0.3 is 14.6 Å². The van der Waals surface area contributed by atoms with Crippen LogP contribution in [0.2, 0.25) is 0 Å². The molecule has 0 spiro atoms. The molecule has 2 aromatic heterocycles. The molecule has 20 heavy (non-hydrogen) atoms. The summed E-state index contributed by atoms with van der Waals surface area (Å²) in [5, 5.41) is 16.4. The molecule has 1 N–H and O–H groups in total. The Morgan fingerprint density at radius 1 is 1.45 bits per heavy atom. The van der Waals surface area contributed by atoms with Crippen molar-refractivity contribution < 1.29 is 4.74 Å². The fraction of sp³-hybridized carbons (Fsp3) is 0.615. The van der Waals surface area contributed by atoms with E-state index in [0.717, 1.165) is 49.8 Å². The van der Waals surface area contributed by atoms with E-state index in [1.165, 1.54) is 0 Å². The molecule has 0 saturated heterocycles. The molecule has 3 heterocycles. The van der Waals surface area contributed by atoms with Gasteiger partial charge in [-0.1, -0.05) is 0 Å². The number of aryl methyl sites for hydroxylation is 2. The Labute approximate surface area is 117 Å². The average molecular weight is 276 g/mol. The zero-order chi connectivity index (χ0) is 13.9. The van der Waals surface area contributed by atoms with E-state index in [-0.39, 0.29) is 6.04 Å². The third kappa shape index (κ3) is 2.46. The highest BCUT2D eigenvalue weighted by molar-refractivity contribution is 5.21. The summed E-state index contributed by atoms with van der Waals surface area (Å²) in [7, 11) is 3.65. The van der Waals surface area contributed by atoms with Gasteiger partial charge in [0, 0.05) is 52.0 Å². The second-order valence-corrected chi connectivity index (χ2v) is 5.06. The quantitative estimate of drug-likeness (QED) is 0.795. The topological polar surface area (TPSA) is 69.8 Å². The summed E-state index contributed by atoms with van der Waals surface area (Å²) < 4.78 is 9.13. The number of nitrogens with one attached hydrogen (secondary N) is 1. The first-order valence-electron chi connectivity index (χ1n) is 6.92. The van der Waals surface area contributed by atoms with E-state index in [1.807, 2.05) is 24.1 Å². The normalized spacial score (nSPS) is 18.2. The van der Waals surface area contributed by atoms with Gasteiger partial charge in [-0.15, -0.1) is 10.2 Å². The molecule has 0 radical (unpaired) electrons. The predicted octanol–water partition coefficient (Wildman–Crippen LogP) is 0.283. The maximum absolute atomic E-state index is 5.10. The first-order chi connectivity index (χ1) is 9.79. The van der Waals surface area contributed by atoms with Gasteiger partial charge in [-0.2, -0.15) is 5.10 Å². The van der Waals surface area contributed by atoms with Gasteiger partial charge in [0.1, 0.15) is 5.82 Å².